The molecule has 1 fully saturated rings. The molecule has 0 spiro atoms. The number of nitrogens with zero attached hydrogens (tertiary/aromatic N) is 3. The van der Waals surface area contributed by atoms with E-state index in [0.717, 1.165) is 0 Å². The molecular formula is C10H10N4O5. The molecule has 2 amide bonds. The minimum Gasteiger partial charge on any atom is -0.465 e. The number of aromatic nitrogens is 2. The van der Waals surface area contributed by atoms with Gasteiger partial charge in [0.05, 0.1) is 19.3 Å². The fourth-order valence-corrected chi connectivity index (χ4v) is 1.79. The second-order valence-electron chi connectivity index (χ2n) is 4.02. The van der Waals surface area contributed by atoms with Crippen LogP contribution in [0.15, 0.2) is 6.20 Å². The van der Waals surface area contributed by atoms with Crippen molar-refractivity contribution in [2.45, 2.75) is 6.10 Å². The molecule has 1 aromatic heterocycles. The Hall–Kier alpha value is -2.42. The van der Waals surface area contributed by atoms with Crippen molar-refractivity contribution in [2.24, 2.45) is 0 Å². The van der Waals surface area contributed by atoms with Gasteiger partial charge in [-0.1, -0.05) is 0 Å². The van der Waals surface area contributed by atoms with Gasteiger partial charge in [-0.15, -0.1) is 0 Å². The molecule has 0 unspecified atom stereocenters. The minimum absolute atomic E-state index is 0.112. The largest absolute Gasteiger partial charge is 0.465 e. The minimum atomic E-state index is -0.614. The first kappa shape index (κ1) is 11.7. The van der Waals surface area contributed by atoms with Gasteiger partial charge in [-0.05, 0) is 0 Å². The zero-order valence-corrected chi connectivity index (χ0v) is 9.70. The number of nitrogens with one attached hydrogen (secondary N) is 1. The monoisotopic (exact) mass is 266 g/mol. The highest BCUT2D eigenvalue weighted by atomic mass is 16.6. The van der Waals surface area contributed by atoms with Gasteiger partial charge in [-0.25, -0.2) is 14.8 Å². The lowest BCUT2D eigenvalue weighted by Gasteiger charge is -2.18. The van der Waals surface area contributed by atoms with Crippen molar-refractivity contribution in [1.82, 2.24) is 9.97 Å². The fraction of sp³-hybridized carbons (Fsp3) is 0.400. The molecule has 3 rings (SSSR count). The Balaban J connectivity index is 1.88. The van der Waals surface area contributed by atoms with E-state index >= 15 is 0 Å². The third-order valence-electron chi connectivity index (χ3n) is 2.68. The molecule has 3 heterocycles. The number of hydrogen-bond donors (Lipinski definition) is 2. The molecule has 1 saturated heterocycles. The molecule has 0 saturated carbocycles. The van der Waals surface area contributed by atoms with Gasteiger partial charge in [0.15, 0.2) is 18.2 Å². The Bertz CT molecular complexity index is 549. The first-order chi connectivity index (χ1) is 9.17. The van der Waals surface area contributed by atoms with Gasteiger partial charge >= 0.3 is 6.09 Å². The smallest absolute Gasteiger partial charge is 0.416 e. The number of carbonyl (C=O) groups excluding carboxylic acids is 2. The van der Waals surface area contributed by atoms with E-state index in [0.29, 0.717) is 0 Å². The van der Waals surface area contributed by atoms with E-state index < -0.39 is 12.2 Å². The molecular weight excluding hydrogens is 256 g/mol. The maximum absolute atomic E-state index is 11.6. The quantitative estimate of drug-likeness (QED) is 0.714. The predicted molar refractivity (Wildman–Crippen MR) is 60.9 cm³/mol. The topological polar surface area (TPSA) is 114 Å². The summed E-state index contributed by atoms with van der Waals surface area (Å²) in [5, 5.41) is 11.5. The summed E-state index contributed by atoms with van der Waals surface area (Å²) in [5.41, 5.74) is 0. The van der Waals surface area contributed by atoms with Crippen LogP contribution in [-0.2, 0) is 9.53 Å². The number of amides is 2. The molecule has 9 nitrogen and oxygen atoms in total. The zero-order chi connectivity index (χ0) is 13.4. The SMILES string of the molecule is O=C1COc2ncc(N3C[C@H](CO)OC3=O)nc2N1. The van der Waals surface area contributed by atoms with Gasteiger partial charge in [-0.3, -0.25) is 9.69 Å². The number of fused-ring (bicyclic) bond motifs is 1. The molecule has 19 heavy (non-hydrogen) atoms. The number of ether oxygens (including phenoxy) is 2. The number of carbonyl (C=O) groups is 2. The summed E-state index contributed by atoms with van der Waals surface area (Å²) in [4.78, 5) is 32.1. The summed E-state index contributed by atoms with van der Waals surface area (Å²) in [6, 6.07) is 0. The van der Waals surface area contributed by atoms with Crippen LogP contribution in [0.2, 0.25) is 0 Å². The lowest BCUT2D eigenvalue weighted by atomic mass is 10.4. The zero-order valence-electron chi connectivity index (χ0n) is 9.70. The van der Waals surface area contributed by atoms with E-state index in [1.54, 1.807) is 0 Å². The highest BCUT2D eigenvalue weighted by Crippen LogP contribution is 2.27. The van der Waals surface area contributed by atoms with E-state index in [1.807, 2.05) is 0 Å². The first-order valence-corrected chi connectivity index (χ1v) is 5.56. The average Bonchev–Trinajstić information content (AvgIpc) is 2.79. The highest BCUT2D eigenvalue weighted by Gasteiger charge is 2.33. The van der Waals surface area contributed by atoms with E-state index in [9.17, 15) is 9.59 Å². The molecule has 0 aromatic carbocycles. The number of aliphatic hydroxyl groups is 1. The van der Waals surface area contributed by atoms with Gasteiger partial charge < -0.3 is 19.9 Å². The van der Waals surface area contributed by atoms with Gasteiger partial charge in [0.25, 0.3) is 11.8 Å². The van der Waals surface area contributed by atoms with Crippen LogP contribution in [0.25, 0.3) is 0 Å². The summed E-state index contributed by atoms with van der Waals surface area (Å²) in [7, 11) is 0. The predicted octanol–water partition coefficient (Wildman–Crippen LogP) is -0.875. The Morgan fingerprint density at radius 3 is 3.11 bits per heavy atom. The van der Waals surface area contributed by atoms with Crippen LogP contribution in [0.3, 0.4) is 0 Å². The molecule has 1 aromatic rings. The summed E-state index contributed by atoms with van der Waals surface area (Å²) in [5.74, 6) is 0.255. The van der Waals surface area contributed by atoms with Crippen LogP contribution in [0.5, 0.6) is 5.88 Å². The number of anilines is 2. The highest BCUT2D eigenvalue weighted by molar-refractivity contribution is 5.94. The van der Waals surface area contributed by atoms with Crippen molar-refractivity contribution in [3.05, 3.63) is 6.20 Å². The van der Waals surface area contributed by atoms with Gasteiger partial charge in [0, 0.05) is 0 Å². The fourth-order valence-electron chi connectivity index (χ4n) is 1.79. The Morgan fingerprint density at radius 2 is 2.37 bits per heavy atom. The van der Waals surface area contributed by atoms with Gasteiger partial charge in [0.1, 0.15) is 6.10 Å². The summed E-state index contributed by atoms with van der Waals surface area (Å²) >= 11 is 0. The van der Waals surface area contributed by atoms with Crippen LogP contribution in [0.4, 0.5) is 16.4 Å². The van der Waals surface area contributed by atoms with Gasteiger partial charge in [0.2, 0.25) is 0 Å². The maximum atomic E-state index is 11.6. The Labute approximate surface area is 107 Å². The molecule has 9 heteroatoms. The summed E-state index contributed by atoms with van der Waals surface area (Å²) < 4.78 is 9.96. The van der Waals surface area contributed by atoms with Crippen molar-refractivity contribution in [3.63, 3.8) is 0 Å². The van der Waals surface area contributed by atoms with Crippen molar-refractivity contribution in [3.8, 4) is 5.88 Å². The average molecular weight is 266 g/mol. The molecule has 0 radical (unpaired) electrons. The standard InChI is InChI=1S/C10H10N4O5/c15-3-5-2-14(10(17)19-5)6-1-11-9-8(12-6)13-7(16)4-18-9/h1,5,15H,2-4H2,(H,12,13,16)/t5-/m1/s1. The second kappa shape index (κ2) is 4.35. The Kier molecular flexibility index (Phi) is 2.67. The molecule has 0 aliphatic carbocycles. The van der Waals surface area contributed by atoms with Crippen molar-refractivity contribution < 1.29 is 24.2 Å². The van der Waals surface area contributed by atoms with E-state index in [1.165, 1.54) is 11.1 Å². The van der Waals surface area contributed by atoms with Crippen LogP contribution in [0.1, 0.15) is 0 Å². The lowest BCUT2D eigenvalue weighted by Crippen LogP contribution is -2.30. The van der Waals surface area contributed by atoms with E-state index in [4.69, 9.17) is 14.6 Å². The van der Waals surface area contributed by atoms with Crippen LogP contribution in [-0.4, -0.2) is 52.9 Å². The first-order valence-electron chi connectivity index (χ1n) is 5.56. The van der Waals surface area contributed by atoms with Gasteiger partial charge in [-0.2, -0.15) is 0 Å². The van der Waals surface area contributed by atoms with Crippen molar-refractivity contribution in [2.75, 3.05) is 30.0 Å². The molecule has 1 atom stereocenters. The van der Waals surface area contributed by atoms with Crippen LogP contribution < -0.4 is 15.0 Å². The molecule has 100 valence electrons. The normalized spacial score (nSPS) is 21.5. The number of rotatable bonds is 2. The second-order valence-corrected chi connectivity index (χ2v) is 4.02. The molecule has 2 aliphatic rings. The lowest BCUT2D eigenvalue weighted by molar-refractivity contribution is -0.118. The molecule has 2 N–H and O–H groups in total. The van der Waals surface area contributed by atoms with E-state index in [2.05, 4.69) is 15.3 Å². The van der Waals surface area contributed by atoms with Crippen LogP contribution in [0, 0.1) is 0 Å². The van der Waals surface area contributed by atoms with Crippen molar-refractivity contribution >= 4 is 23.6 Å². The van der Waals surface area contributed by atoms with E-state index in [-0.39, 0.29) is 43.2 Å². The third kappa shape index (κ3) is 2.03. The van der Waals surface area contributed by atoms with Crippen LogP contribution >= 0.6 is 0 Å². The van der Waals surface area contributed by atoms with Crippen molar-refractivity contribution in [1.29, 1.82) is 0 Å². The Morgan fingerprint density at radius 1 is 1.53 bits per heavy atom. The number of aliphatic hydroxyl groups excluding tert-OH is 1. The summed E-state index contributed by atoms with van der Waals surface area (Å²) in [6.45, 7) is -0.197. The third-order valence-corrected chi connectivity index (χ3v) is 2.68. The number of cyclic esters (lactones) is 1. The molecule has 2 aliphatic heterocycles. The summed E-state index contributed by atoms with van der Waals surface area (Å²) in [6.07, 6.45) is 0.143. The maximum Gasteiger partial charge on any atom is 0.416 e. The molecule has 0 bridgehead atoms. The number of hydrogen-bond acceptors (Lipinski definition) is 7.